The predicted molar refractivity (Wildman–Crippen MR) is 218 cm³/mol. The number of thiophene rings is 2. The van der Waals surface area contributed by atoms with E-state index in [2.05, 4.69) is 143 Å². The molecule has 1 unspecified atom stereocenters. The monoisotopic (exact) mass is 688 g/mol. The Kier molecular flexibility index (Phi) is 6.32. The van der Waals surface area contributed by atoms with Gasteiger partial charge in [-0.3, -0.25) is 0 Å². The van der Waals surface area contributed by atoms with Gasteiger partial charge in [-0.25, -0.2) is 9.98 Å². The minimum Gasteiger partial charge on any atom is -0.344 e. The average molecular weight is 689 g/mol. The summed E-state index contributed by atoms with van der Waals surface area (Å²) in [5.74, 6) is 1.56. The van der Waals surface area contributed by atoms with Gasteiger partial charge in [-0.1, -0.05) is 103 Å². The first-order chi connectivity index (χ1) is 25.3. The maximum atomic E-state index is 5.13. The first kappa shape index (κ1) is 28.7. The first-order valence-electron chi connectivity index (χ1n) is 17.1. The van der Waals surface area contributed by atoms with Crippen LogP contribution in [0.25, 0.3) is 67.8 Å². The average Bonchev–Trinajstić information content (AvgIpc) is 3.87. The molecule has 11 rings (SSSR count). The molecule has 0 amide bonds. The molecule has 0 aliphatic carbocycles. The minimum atomic E-state index is -0.245. The van der Waals surface area contributed by atoms with Crippen LogP contribution in [-0.2, 0) is 0 Å². The Balaban J connectivity index is 1.16. The largest absolute Gasteiger partial charge is 0.344 e. The summed E-state index contributed by atoms with van der Waals surface area (Å²) in [4.78, 5) is 10.2. The molecule has 51 heavy (non-hydrogen) atoms. The van der Waals surface area contributed by atoms with Crippen LogP contribution in [0, 0.1) is 0 Å². The summed E-state index contributed by atoms with van der Waals surface area (Å²) in [6.45, 7) is 0. The molecule has 10 aromatic rings. The summed E-state index contributed by atoms with van der Waals surface area (Å²) in [5, 5.41) is 11.4. The van der Waals surface area contributed by atoms with Crippen LogP contribution in [0.4, 0.5) is 0 Å². The molecule has 240 valence electrons. The number of hydrogen-bond acceptors (Lipinski definition) is 5. The van der Waals surface area contributed by atoms with Crippen molar-refractivity contribution in [1.29, 1.82) is 0 Å². The van der Waals surface area contributed by atoms with Crippen molar-refractivity contribution in [2.75, 3.05) is 0 Å². The van der Waals surface area contributed by atoms with Crippen molar-refractivity contribution < 1.29 is 0 Å². The van der Waals surface area contributed by atoms with Crippen molar-refractivity contribution in [2.24, 2.45) is 9.98 Å². The van der Waals surface area contributed by atoms with E-state index < -0.39 is 0 Å². The quantitative estimate of drug-likeness (QED) is 0.196. The van der Waals surface area contributed by atoms with Crippen molar-refractivity contribution in [1.82, 2.24) is 9.88 Å². The summed E-state index contributed by atoms with van der Waals surface area (Å²) in [6.07, 6.45) is -0.245. The van der Waals surface area contributed by atoms with Crippen LogP contribution in [-0.4, -0.2) is 16.2 Å². The molecule has 4 nitrogen and oxygen atoms in total. The predicted octanol–water partition coefficient (Wildman–Crippen LogP) is 12.0. The minimum absolute atomic E-state index is 0.245. The number of para-hydroxylation sites is 2. The fraction of sp³-hybridized carbons (Fsp3) is 0.0222. The second-order valence-electron chi connectivity index (χ2n) is 13.0. The highest BCUT2D eigenvalue weighted by molar-refractivity contribution is 7.28. The number of rotatable bonds is 4. The highest BCUT2D eigenvalue weighted by atomic mass is 32.1. The Bertz CT molecular complexity index is 3000. The van der Waals surface area contributed by atoms with Gasteiger partial charge >= 0.3 is 0 Å². The Morgan fingerprint density at radius 3 is 1.88 bits per heavy atom. The fourth-order valence-corrected chi connectivity index (χ4v) is 10.0. The van der Waals surface area contributed by atoms with E-state index in [1.165, 1.54) is 67.8 Å². The molecular formula is C45H28N4S2. The number of fused-ring (bicyclic) bond motifs is 10. The van der Waals surface area contributed by atoms with Gasteiger partial charge in [-0.05, 0) is 60.2 Å². The number of nitrogens with zero attached hydrogens (tertiary/aromatic N) is 3. The van der Waals surface area contributed by atoms with Crippen molar-refractivity contribution in [3.63, 3.8) is 0 Å². The standard InChI is InChI=1S/C45H28N4S2/c1-3-12-27(13-4-1)43-46-44(28-14-5-2-6-15-28)48-45(47-43)29-22-23-36-32(26-29)40-38(50-36)24-25-39-42(40)41-35(20-11-21-37(41)51-39)49-33-18-9-7-16-30(33)31-17-8-10-19-34(31)49/h1-26,43H,(H,46,47,48). The third-order valence-electron chi connectivity index (χ3n) is 10.1. The molecule has 0 radical (unpaired) electrons. The van der Waals surface area contributed by atoms with Gasteiger partial charge in [0.05, 0.1) is 16.7 Å². The lowest BCUT2D eigenvalue weighted by molar-refractivity contribution is 0.674. The maximum Gasteiger partial charge on any atom is 0.159 e. The summed E-state index contributed by atoms with van der Waals surface area (Å²) < 4.78 is 7.61. The zero-order valence-electron chi connectivity index (χ0n) is 27.2. The fourth-order valence-electron chi connectivity index (χ4n) is 7.79. The van der Waals surface area contributed by atoms with Crippen molar-refractivity contribution in [3.05, 3.63) is 174 Å². The van der Waals surface area contributed by atoms with Crippen molar-refractivity contribution in [3.8, 4) is 5.69 Å². The molecule has 1 atom stereocenters. The maximum absolute atomic E-state index is 5.13. The van der Waals surface area contributed by atoms with E-state index in [0.717, 1.165) is 28.4 Å². The van der Waals surface area contributed by atoms with Crippen LogP contribution in [0.1, 0.15) is 22.9 Å². The van der Waals surface area contributed by atoms with E-state index in [1.807, 2.05) is 46.9 Å². The van der Waals surface area contributed by atoms with E-state index >= 15 is 0 Å². The molecule has 1 aliphatic rings. The summed E-state index contributed by atoms with van der Waals surface area (Å²) in [6, 6.07) is 56.4. The molecule has 1 N–H and O–H groups in total. The Morgan fingerprint density at radius 1 is 0.490 bits per heavy atom. The second-order valence-corrected chi connectivity index (χ2v) is 15.2. The van der Waals surface area contributed by atoms with Gasteiger partial charge in [0.2, 0.25) is 0 Å². The smallest absolute Gasteiger partial charge is 0.159 e. The molecule has 0 bridgehead atoms. The van der Waals surface area contributed by atoms with E-state index in [4.69, 9.17) is 9.98 Å². The van der Waals surface area contributed by atoms with Gasteiger partial charge in [0.25, 0.3) is 0 Å². The van der Waals surface area contributed by atoms with E-state index in [-0.39, 0.29) is 6.17 Å². The normalized spacial score (nSPS) is 14.9. The number of benzene rings is 7. The van der Waals surface area contributed by atoms with Crippen LogP contribution in [0.2, 0.25) is 0 Å². The van der Waals surface area contributed by atoms with Gasteiger partial charge in [-0.2, -0.15) is 0 Å². The number of hydrogen-bond donors (Lipinski definition) is 1. The van der Waals surface area contributed by atoms with E-state index in [0.29, 0.717) is 0 Å². The topological polar surface area (TPSA) is 41.7 Å². The van der Waals surface area contributed by atoms with Crippen LogP contribution < -0.4 is 5.32 Å². The zero-order valence-corrected chi connectivity index (χ0v) is 28.9. The lowest BCUT2D eigenvalue weighted by Crippen LogP contribution is -2.33. The molecule has 1 aliphatic heterocycles. The lowest BCUT2D eigenvalue weighted by atomic mass is 10.0. The number of aliphatic imine (C=N–C) groups is 2. The molecule has 0 fully saturated rings. The third-order valence-corrected chi connectivity index (χ3v) is 12.3. The van der Waals surface area contributed by atoms with E-state index in [9.17, 15) is 0 Å². The number of nitrogens with one attached hydrogen (secondary N) is 1. The highest BCUT2D eigenvalue weighted by Crippen LogP contribution is 2.47. The van der Waals surface area contributed by atoms with Crippen LogP contribution in [0.3, 0.4) is 0 Å². The molecular weight excluding hydrogens is 661 g/mol. The van der Waals surface area contributed by atoms with Crippen LogP contribution in [0.5, 0.6) is 0 Å². The Morgan fingerprint density at radius 2 is 1.12 bits per heavy atom. The summed E-state index contributed by atoms with van der Waals surface area (Å²) in [5.41, 5.74) is 6.81. The number of aromatic nitrogens is 1. The molecule has 3 aromatic heterocycles. The molecule has 7 aromatic carbocycles. The number of amidine groups is 2. The van der Waals surface area contributed by atoms with Gasteiger partial charge in [0.1, 0.15) is 12.0 Å². The zero-order chi connectivity index (χ0) is 33.5. The molecule has 0 spiro atoms. The molecule has 6 heteroatoms. The van der Waals surface area contributed by atoms with Crippen molar-refractivity contribution >= 4 is 96.5 Å². The molecule has 4 heterocycles. The van der Waals surface area contributed by atoms with Gasteiger partial charge in [-0.15, -0.1) is 22.7 Å². The molecule has 0 saturated carbocycles. The first-order valence-corrected chi connectivity index (χ1v) is 18.7. The SMILES string of the molecule is c1ccc(C2=NC(c3ccccc3)NC(c3ccc4sc5ccc6sc7cccc(-n8c9ccccc9c9ccccc98)c7c6c5c4c3)=N2)cc1. The van der Waals surface area contributed by atoms with Crippen LogP contribution in [0.15, 0.2) is 168 Å². The second kappa shape index (κ2) is 11.2. The highest BCUT2D eigenvalue weighted by Gasteiger charge is 2.23. The van der Waals surface area contributed by atoms with Crippen LogP contribution >= 0.6 is 22.7 Å². The third kappa shape index (κ3) is 4.43. The van der Waals surface area contributed by atoms with Gasteiger partial charge < -0.3 is 9.88 Å². The van der Waals surface area contributed by atoms with Gasteiger partial charge in [0, 0.05) is 62.2 Å². The summed E-state index contributed by atoms with van der Waals surface area (Å²) in [7, 11) is 0. The summed E-state index contributed by atoms with van der Waals surface area (Å²) >= 11 is 3.74. The Labute approximate surface area is 301 Å². The molecule has 0 saturated heterocycles. The van der Waals surface area contributed by atoms with E-state index in [1.54, 1.807) is 0 Å². The van der Waals surface area contributed by atoms with Crippen molar-refractivity contribution in [2.45, 2.75) is 6.17 Å². The van der Waals surface area contributed by atoms with Gasteiger partial charge in [0.15, 0.2) is 5.84 Å². The lowest BCUT2D eigenvalue weighted by Gasteiger charge is -2.23. The Hall–Kier alpha value is -6.08.